The van der Waals surface area contributed by atoms with E-state index in [1.807, 2.05) is 6.92 Å². The molecule has 2 heterocycles. The molecule has 1 aliphatic rings. The van der Waals surface area contributed by atoms with Gasteiger partial charge in [-0.2, -0.15) is 0 Å². The van der Waals surface area contributed by atoms with Crippen LogP contribution in [0.5, 0.6) is 0 Å². The molecule has 1 unspecified atom stereocenters. The fourth-order valence-corrected chi connectivity index (χ4v) is 1.94. The molecule has 3 N–H and O–H groups in total. The van der Waals surface area contributed by atoms with Crippen LogP contribution in [-0.4, -0.2) is 33.9 Å². The van der Waals surface area contributed by atoms with E-state index < -0.39 is 5.82 Å². The van der Waals surface area contributed by atoms with Gasteiger partial charge < -0.3 is 16.0 Å². The predicted octanol–water partition coefficient (Wildman–Crippen LogP) is 0.757. The highest BCUT2D eigenvalue weighted by molar-refractivity contribution is 5.51. The van der Waals surface area contributed by atoms with Gasteiger partial charge in [-0.1, -0.05) is 0 Å². The fraction of sp³-hybridized carbons (Fsp3) is 0.417. The highest BCUT2D eigenvalue weighted by Gasteiger charge is 2.23. The molecular weight excluding hydrogens is 249 g/mol. The van der Waals surface area contributed by atoms with Crippen LogP contribution in [0.4, 0.5) is 10.3 Å². The zero-order chi connectivity index (χ0) is 14.0. The topological polar surface area (TPSA) is 84.1 Å². The summed E-state index contributed by atoms with van der Waals surface area (Å²) in [4.78, 5) is 20.3. The van der Waals surface area contributed by atoms with Crippen molar-refractivity contribution >= 4 is 12.4 Å². The first-order valence-electron chi connectivity index (χ1n) is 5.98. The van der Waals surface area contributed by atoms with Gasteiger partial charge in [-0.25, -0.2) is 14.4 Å². The van der Waals surface area contributed by atoms with Crippen molar-refractivity contribution in [2.75, 3.05) is 11.9 Å². The lowest BCUT2D eigenvalue weighted by Crippen LogP contribution is -2.42. The number of anilines is 1. The van der Waals surface area contributed by atoms with Gasteiger partial charge in [-0.05, 0) is 13.8 Å². The van der Waals surface area contributed by atoms with Crippen LogP contribution in [-0.2, 0) is 4.79 Å². The number of hydrogen-bond acceptors (Lipinski definition) is 5. The Morgan fingerprint density at radius 2 is 2.37 bits per heavy atom. The quantitative estimate of drug-likeness (QED) is 0.788. The molecule has 0 spiro atoms. The third-order valence-corrected chi connectivity index (χ3v) is 3.23. The second-order valence-corrected chi connectivity index (χ2v) is 4.46. The van der Waals surface area contributed by atoms with Crippen LogP contribution in [0, 0.1) is 12.7 Å². The van der Waals surface area contributed by atoms with E-state index >= 15 is 0 Å². The van der Waals surface area contributed by atoms with Gasteiger partial charge in [0.1, 0.15) is 0 Å². The van der Waals surface area contributed by atoms with Crippen LogP contribution < -0.4 is 11.1 Å². The van der Waals surface area contributed by atoms with E-state index in [2.05, 4.69) is 15.3 Å². The number of nitrogens with zero attached hydrogens (tertiary/aromatic N) is 3. The Kier molecular flexibility index (Phi) is 3.64. The van der Waals surface area contributed by atoms with Crippen LogP contribution >= 0.6 is 0 Å². The van der Waals surface area contributed by atoms with Crippen molar-refractivity contribution in [1.29, 1.82) is 0 Å². The molecule has 1 aromatic rings. The average molecular weight is 265 g/mol. The van der Waals surface area contributed by atoms with Crippen LogP contribution in [0.2, 0.25) is 0 Å². The molecule has 0 bridgehead atoms. The zero-order valence-electron chi connectivity index (χ0n) is 10.9. The van der Waals surface area contributed by atoms with Gasteiger partial charge in [-0.15, -0.1) is 0 Å². The standard InChI is InChI=1S/C12H16FN5O/c1-7-9(13)5-15-12(16-7)17-10-3-4-18(6-19)8(2)11(10)14/h5-6,8H,3-4,14H2,1-2H3,(H,15,16,17). The normalized spacial score (nSPS) is 19.5. The number of halogens is 1. The summed E-state index contributed by atoms with van der Waals surface area (Å²) in [5, 5.41) is 3.00. The van der Waals surface area contributed by atoms with E-state index in [9.17, 15) is 9.18 Å². The van der Waals surface area contributed by atoms with E-state index in [0.717, 1.165) is 18.3 Å². The highest BCUT2D eigenvalue weighted by Crippen LogP contribution is 2.20. The van der Waals surface area contributed by atoms with Gasteiger partial charge >= 0.3 is 0 Å². The monoisotopic (exact) mass is 265 g/mol. The van der Waals surface area contributed by atoms with Crippen molar-refractivity contribution in [2.24, 2.45) is 5.73 Å². The summed E-state index contributed by atoms with van der Waals surface area (Å²) in [6, 6.07) is -0.171. The van der Waals surface area contributed by atoms with Crippen molar-refractivity contribution in [3.63, 3.8) is 0 Å². The predicted molar refractivity (Wildman–Crippen MR) is 68.4 cm³/mol. The maximum absolute atomic E-state index is 13.1. The molecule has 2 rings (SSSR count). The number of amides is 1. The summed E-state index contributed by atoms with van der Waals surface area (Å²) in [6.07, 6.45) is 2.49. The van der Waals surface area contributed by atoms with Crippen molar-refractivity contribution in [3.8, 4) is 0 Å². The Balaban J connectivity index is 2.20. The van der Waals surface area contributed by atoms with Gasteiger partial charge in [0.2, 0.25) is 12.4 Å². The van der Waals surface area contributed by atoms with Gasteiger partial charge in [0.25, 0.3) is 0 Å². The number of carbonyl (C=O) groups is 1. The lowest BCUT2D eigenvalue weighted by atomic mass is 10.1. The molecule has 0 fully saturated rings. The minimum absolute atomic E-state index is 0.171. The number of nitrogens with two attached hydrogens (primary N) is 1. The van der Waals surface area contributed by atoms with Crippen molar-refractivity contribution in [3.05, 3.63) is 29.1 Å². The van der Waals surface area contributed by atoms with E-state index in [1.54, 1.807) is 11.8 Å². The first-order chi connectivity index (χ1) is 9.02. The Morgan fingerprint density at radius 1 is 1.63 bits per heavy atom. The third kappa shape index (κ3) is 2.64. The minimum atomic E-state index is -0.448. The largest absolute Gasteiger partial charge is 0.399 e. The number of hydrogen-bond donors (Lipinski definition) is 2. The van der Waals surface area contributed by atoms with E-state index in [0.29, 0.717) is 24.6 Å². The third-order valence-electron chi connectivity index (χ3n) is 3.23. The molecule has 7 heteroatoms. The molecule has 19 heavy (non-hydrogen) atoms. The number of aryl methyl sites for hydroxylation is 1. The molecule has 1 aliphatic heterocycles. The minimum Gasteiger partial charge on any atom is -0.399 e. The summed E-state index contributed by atoms with van der Waals surface area (Å²) >= 11 is 0. The lowest BCUT2D eigenvalue weighted by Gasteiger charge is -2.32. The van der Waals surface area contributed by atoms with Crippen molar-refractivity contribution in [1.82, 2.24) is 14.9 Å². The molecule has 6 nitrogen and oxygen atoms in total. The molecule has 1 atom stereocenters. The summed E-state index contributed by atoms with van der Waals surface area (Å²) in [7, 11) is 0. The smallest absolute Gasteiger partial charge is 0.227 e. The molecule has 0 radical (unpaired) electrons. The van der Waals surface area contributed by atoms with Gasteiger partial charge in [-0.3, -0.25) is 4.79 Å². The van der Waals surface area contributed by atoms with Gasteiger partial charge in [0, 0.05) is 18.7 Å². The second kappa shape index (κ2) is 5.21. The maximum Gasteiger partial charge on any atom is 0.227 e. The molecular formula is C12H16FN5O. The molecule has 0 aliphatic carbocycles. The van der Waals surface area contributed by atoms with Crippen LogP contribution in [0.15, 0.2) is 17.6 Å². The fourth-order valence-electron chi connectivity index (χ4n) is 1.94. The van der Waals surface area contributed by atoms with Crippen LogP contribution in [0.1, 0.15) is 19.0 Å². The number of aromatic nitrogens is 2. The van der Waals surface area contributed by atoms with Gasteiger partial charge in [0.05, 0.1) is 23.6 Å². The molecule has 102 valence electrons. The van der Waals surface area contributed by atoms with Crippen LogP contribution in [0.3, 0.4) is 0 Å². The second-order valence-electron chi connectivity index (χ2n) is 4.46. The summed E-state index contributed by atoms with van der Waals surface area (Å²) in [5.74, 6) is -0.139. The van der Waals surface area contributed by atoms with E-state index in [1.165, 1.54) is 0 Å². The van der Waals surface area contributed by atoms with E-state index in [4.69, 9.17) is 5.73 Å². The molecule has 0 aromatic carbocycles. The Morgan fingerprint density at radius 3 is 3.00 bits per heavy atom. The number of rotatable bonds is 3. The SMILES string of the molecule is Cc1nc(NC2=C(N)C(C)N(C=O)CC2)ncc1F. The highest BCUT2D eigenvalue weighted by atomic mass is 19.1. The Labute approximate surface area is 110 Å². The Bertz CT molecular complexity index is 531. The number of carbonyl (C=O) groups excluding carboxylic acids is 1. The maximum atomic E-state index is 13.1. The summed E-state index contributed by atoms with van der Waals surface area (Å²) < 4.78 is 13.1. The van der Waals surface area contributed by atoms with Crippen molar-refractivity contribution in [2.45, 2.75) is 26.3 Å². The first-order valence-corrected chi connectivity index (χ1v) is 5.98. The number of nitrogens with one attached hydrogen (secondary N) is 1. The zero-order valence-corrected chi connectivity index (χ0v) is 10.9. The lowest BCUT2D eigenvalue weighted by molar-refractivity contribution is -0.119. The Hall–Kier alpha value is -2.18. The molecule has 1 amide bonds. The van der Waals surface area contributed by atoms with Crippen LogP contribution in [0.25, 0.3) is 0 Å². The summed E-state index contributed by atoms with van der Waals surface area (Å²) in [6.45, 7) is 3.99. The average Bonchev–Trinajstić information content (AvgIpc) is 2.40. The molecule has 1 aromatic heterocycles. The molecule has 0 saturated carbocycles. The molecule has 0 saturated heterocycles. The van der Waals surface area contributed by atoms with E-state index in [-0.39, 0.29) is 11.7 Å². The first kappa shape index (κ1) is 13.3. The van der Waals surface area contributed by atoms with Gasteiger partial charge in [0.15, 0.2) is 5.82 Å². The summed E-state index contributed by atoms with van der Waals surface area (Å²) in [5.41, 5.74) is 7.61. The van der Waals surface area contributed by atoms with Crippen molar-refractivity contribution < 1.29 is 9.18 Å².